The van der Waals surface area contributed by atoms with Gasteiger partial charge in [-0.05, 0) is 6.07 Å². The molecular formula is C9H10ClN3O2. The highest BCUT2D eigenvalue weighted by molar-refractivity contribution is 6.30. The van der Waals surface area contributed by atoms with Crippen LogP contribution < -0.4 is 5.73 Å². The molecule has 0 aliphatic carbocycles. The fraction of sp³-hybridized carbons (Fsp3) is 0.333. The predicted molar refractivity (Wildman–Crippen MR) is 54.0 cm³/mol. The fourth-order valence-corrected chi connectivity index (χ4v) is 1.28. The third-order valence-corrected chi connectivity index (χ3v) is 2.24. The molecule has 1 aromatic rings. The van der Waals surface area contributed by atoms with Crippen molar-refractivity contribution in [2.24, 2.45) is 5.73 Å². The van der Waals surface area contributed by atoms with Crippen molar-refractivity contribution in [3.63, 3.8) is 0 Å². The molecule has 0 amide bonds. The fourth-order valence-electron chi connectivity index (χ4n) is 1.07. The third kappa shape index (κ3) is 2.64. The number of nitrogens with two attached hydrogens (primary N) is 1. The average molecular weight is 228 g/mol. The van der Waals surface area contributed by atoms with Gasteiger partial charge in [-0.25, -0.2) is 4.98 Å². The molecule has 2 unspecified atom stereocenters. The van der Waals surface area contributed by atoms with Crippen molar-refractivity contribution >= 4 is 11.6 Å². The Bertz CT molecular complexity index is 391. The zero-order chi connectivity index (χ0) is 11.4. The lowest BCUT2D eigenvalue weighted by molar-refractivity contribution is 0.0242. The summed E-state index contributed by atoms with van der Waals surface area (Å²) in [5.74, 6) is 0. The monoisotopic (exact) mass is 227 g/mol. The smallest absolute Gasteiger partial charge is 0.134 e. The lowest BCUT2D eigenvalue weighted by Crippen LogP contribution is -2.27. The topological polar surface area (TPSA) is 103 Å². The van der Waals surface area contributed by atoms with E-state index in [9.17, 15) is 10.2 Å². The zero-order valence-corrected chi connectivity index (χ0v) is 8.52. The molecule has 4 N–H and O–H groups in total. The Morgan fingerprint density at radius 1 is 1.60 bits per heavy atom. The number of nitriles is 1. The molecule has 0 aliphatic heterocycles. The van der Waals surface area contributed by atoms with E-state index >= 15 is 0 Å². The first-order valence-corrected chi connectivity index (χ1v) is 4.59. The van der Waals surface area contributed by atoms with Gasteiger partial charge < -0.3 is 15.9 Å². The van der Waals surface area contributed by atoms with E-state index in [0.29, 0.717) is 0 Å². The van der Waals surface area contributed by atoms with Crippen LogP contribution in [0.5, 0.6) is 0 Å². The molecule has 1 aromatic heterocycles. The quantitative estimate of drug-likeness (QED) is 0.629. The first-order valence-electron chi connectivity index (χ1n) is 4.22. The van der Waals surface area contributed by atoms with Gasteiger partial charge in [-0.1, -0.05) is 11.6 Å². The maximum atomic E-state index is 9.63. The summed E-state index contributed by atoms with van der Waals surface area (Å²) in [7, 11) is 0. The molecule has 0 saturated carbocycles. The van der Waals surface area contributed by atoms with E-state index in [1.807, 2.05) is 6.07 Å². The van der Waals surface area contributed by atoms with Gasteiger partial charge in [-0.3, -0.25) is 0 Å². The molecule has 0 radical (unpaired) electrons. The highest BCUT2D eigenvalue weighted by Gasteiger charge is 2.20. The number of hydrogen-bond donors (Lipinski definition) is 3. The van der Waals surface area contributed by atoms with E-state index in [0.717, 1.165) is 0 Å². The highest BCUT2D eigenvalue weighted by atomic mass is 35.5. The van der Waals surface area contributed by atoms with Crippen LogP contribution in [0.2, 0.25) is 5.15 Å². The first kappa shape index (κ1) is 11.9. The van der Waals surface area contributed by atoms with Crippen molar-refractivity contribution in [1.82, 2.24) is 4.98 Å². The van der Waals surface area contributed by atoms with Crippen molar-refractivity contribution in [2.45, 2.75) is 12.2 Å². The molecular weight excluding hydrogens is 218 g/mol. The molecule has 1 heterocycles. The van der Waals surface area contributed by atoms with Crippen molar-refractivity contribution < 1.29 is 10.2 Å². The van der Waals surface area contributed by atoms with Gasteiger partial charge in [0.25, 0.3) is 0 Å². The predicted octanol–water partition coefficient (Wildman–Crippen LogP) is -0.0403. The van der Waals surface area contributed by atoms with Crippen LogP contribution in [0, 0.1) is 11.3 Å². The average Bonchev–Trinajstić information content (AvgIpc) is 2.27. The largest absolute Gasteiger partial charge is 0.389 e. The van der Waals surface area contributed by atoms with Crippen molar-refractivity contribution in [3.05, 3.63) is 28.5 Å². The second-order valence-electron chi connectivity index (χ2n) is 2.96. The summed E-state index contributed by atoms with van der Waals surface area (Å²) < 4.78 is 0. The van der Waals surface area contributed by atoms with Gasteiger partial charge in [0.05, 0.1) is 11.7 Å². The molecule has 0 spiro atoms. The molecule has 2 atom stereocenters. The standard InChI is InChI=1S/C9H10ClN3O2/c10-9-6(8(15)7(14)3-12)1-5(2-11)4-13-9/h1,4,7-8,14-15H,3,12H2. The second kappa shape index (κ2) is 5.05. The highest BCUT2D eigenvalue weighted by Crippen LogP contribution is 2.24. The van der Waals surface area contributed by atoms with Gasteiger partial charge in [-0.2, -0.15) is 5.26 Å². The van der Waals surface area contributed by atoms with Crippen molar-refractivity contribution in [1.29, 1.82) is 5.26 Å². The summed E-state index contributed by atoms with van der Waals surface area (Å²) in [6.07, 6.45) is -1.07. The first-order chi connectivity index (χ1) is 7.10. The van der Waals surface area contributed by atoms with Gasteiger partial charge in [0, 0.05) is 18.3 Å². The SMILES string of the molecule is N#Cc1cnc(Cl)c(C(O)C(O)CN)c1. The number of hydrogen-bond acceptors (Lipinski definition) is 5. The lowest BCUT2D eigenvalue weighted by Gasteiger charge is -2.16. The van der Waals surface area contributed by atoms with E-state index in [1.165, 1.54) is 12.3 Å². The summed E-state index contributed by atoms with van der Waals surface area (Å²) in [6.45, 7) is -0.103. The number of aliphatic hydroxyl groups excluding tert-OH is 2. The van der Waals surface area contributed by atoms with Crippen LogP contribution in [0.1, 0.15) is 17.2 Å². The molecule has 0 saturated heterocycles. The number of pyridine rings is 1. The van der Waals surface area contributed by atoms with Gasteiger partial charge >= 0.3 is 0 Å². The van der Waals surface area contributed by atoms with E-state index in [-0.39, 0.29) is 22.8 Å². The van der Waals surface area contributed by atoms with Crippen LogP contribution in [-0.2, 0) is 0 Å². The minimum atomic E-state index is -1.23. The van der Waals surface area contributed by atoms with Crippen LogP contribution >= 0.6 is 11.6 Å². The number of aromatic nitrogens is 1. The summed E-state index contributed by atoms with van der Waals surface area (Å²) in [4.78, 5) is 3.72. The number of nitrogens with zero attached hydrogens (tertiary/aromatic N) is 2. The van der Waals surface area contributed by atoms with E-state index in [1.54, 1.807) is 0 Å². The Kier molecular flexibility index (Phi) is 4.00. The maximum absolute atomic E-state index is 9.63. The molecule has 0 fully saturated rings. The Balaban J connectivity index is 3.07. The third-order valence-electron chi connectivity index (χ3n) is 1.92. The molecule has 6 heteroatoms. The number of rotatable bonds is 3. The molecule has 0 bridgehead atoms. The Labute approximate surface area is 91.7 Å². The summed E-state index contributed by atoms with van der Waals surface area (Å²) in [5, 5.41) is 27.6. The van der Waals surface area contributed by atoms with Crippen LogP contribution in [0.4, 0.5) is 0 Å². The van der Waals surface area contributed by atoms with Crippen LogP contribution in [0.3, 0.4) is 0 Å². The Morgan fingerprint density at radius 3 is 2.80 bits per heavy atom. The van der Waals surface area contributed by atoms with Gasteiger partial charge in [-0.15, -0.1) is 0 Å². The van der Waals surface area contributed by atoms with Gasteiger partial charge in [0.2, 0.25) is 0 Å². The second-order valence-corrected chi connectivity index (χ2v) is 3.32. The van der Waals surface area contributed by atoms with E-state index in [2.05, 4.69) is 4.98 Å². The van der Waals surface area contributed by atoms with Crippen molar-refractivity contribution in [3.8, 4) is 6.07 Å². The molecule has 5 nitrogen and oxygen atoms in total. The van der Waals surface area contributed by atoms with Crippen LogP contribution in [0.25, 0.3) is 0 Å². The van der Waals surface area contributed by atoms with Crippen molar-refractivity contribution in [2.75, 3.05) is 6.54 Å². The maximum Gasteiger partial charge on any atom is 0.134 e. The summed E-state index contributed by atoms with van der Waals surface area (Å²) in [5.41, 5.74) is 5.66. The summed E-state index contributed by atoms with van der Waals surface area (Å²) in [6, 6.07) is 3.24. The Morgan fingerprint density at radius 2 is 2.27 bits per heavy atom. The molecule has 0 aliphatic rings. The van der Waals surface area contributed by atoms with Crippen LogP contribution in [-0.4, -0.2) is 27.8 Å². The molecule has 0 aromatic carbocycles. The summed E-state index contributed by atoms with van der Waals surface area (Å²) >= 11 is 5.72. The Hall–Kier alpha value is -1.19. The zero-order valence-electron chi connectivity index (χ0n) is 7.76. The van der Waals surface area contributed by atoms with Gasteiger partial charge in [0.1, 0.15) is 17.3 Å². The molecule has 80 valence electrons. The molecule has 1 rings (SSSR count). The number of aliphatic hydroxyl groups is 2. The normalized spacial score (nSPS) is 14.3. The minimum Gasteiger partial charge on any atom is -0.389 e. The molecule has 15 heavy (non-hydrogen) atoms. The van der Waals surface area contributed by atoms with Crippen LogP contribution in [0.15, 0.2) is 12.3 Å². The minimum absolute atomic E-state index is 0.0500. The van der Waals surface area contributed by atoms with Gasteiger partial charge in [0.15, 0.2) is 0 Å². The van der Waals surface area contributed by atoms with E-state index in [4.69, 9.17) is 22.6 Å². The van der Waals surface area contributed by atoms with E-state index < -0.39 is 12.2 Å². The lowest BCUT2D eigenvalue weighted by atomic mass is 10.1. The number of halogens is 1.